The van der Waals surface area contributed by atoms with E-state index >= 15 is 0 Å². The molecular weight excluding hydrogens is 264 g/mol. The van der Waals surface area contributed by atoms with E-state index in [0.29, 0.717) is 0 Å². The third-order valence-corrected chi connectivity index (χ3v) is 2.44. The Morgan fingerprint density at radius 2 is 2.05 bits per heavy atom. The average Bonchev–Trinajstić information content (AvgIpc) is 2.33. The Morgan fingerprint density at radius 1 is 1.35 bits per heavy atom. The second kappa shape index (κ2) is 5.24. The summed E-state index contributed by atoms with van der Waals surface area (Å²) < 4.78 is 15.3. The van der Waals surface area contributed by atoms with Crippen LogP contribution in [-0.2, 0) is 4.79 Å². The number of hydrogen-bond donors (Lipinski definition) is 1. The van der Waals surface area contributed by atoms with Crippen molar-refractivity contribution < 1.29 is 23.8 Å². The zero-order chi connectivity index (χ0) is 14.9. The molecule has 6 nitrogen and oxygen atoms in total. The van der Waals surface area contributed by atoms with E-state index < -0.39 is 17.3 Å². The van der Waals surface area contributed by atoms with Gasteiger partial charge in [0.05, 0.1) is 6.10 Å². The number of rotatable bonds is 3. The zero-order valence-electron chi connectivity index (χ0n) is 11.3. The van der Waals surface area contributed by atoms with Crippen molar-refractivity contribution in [1.82, 2.24) is 0 Å². The number of esters is 1. The van der Waals surface area contributed by atoms with E-state index in [1.807, 2.05) is 0 Å². The van der Waals surface area contributed by atoms with Gasteiger partial charge in [0, 0.05) is 6.92 Å². The highest BCUT2D eigenvalue weighted by atomic mass is 16.5. The maximum absolute atomic E-state index is 11.8. The SMILES string of the molecule is CC(=O)Oc1cccc2oc(=O)c(OC(C)C)c(O)c12. The fraction of sp³-hybridized carbons (Fsp3) is 0.286. The highest BCUT2D eigenvalue weighted by Crippen LogP contribution is 2.38. The van der Waals surface area contributed by atoms with Crippen molar-refractivity contribution in [2.45, 2.75) is 26.9 Å². The monoisotopic (exact) mass is 278 g/mol. The second-order valence-corrected chi connectivity index (χ2v) is 4.46. The Labute approximate surface area is 114 Å². The van der Waals surface area contributed by atoms with Gasteiger partial charge in [-0.25, -0.2) is 4.79 Å². The molecule has 1 heterocycles. The summed E-state index contributed by atoms with van der Waals surface area (Å²) in [4.78, 5) is 22.8. The van der Waals surface area contributed by atoms with Gasteiger partial charge in [-0.2, -0.15) is 0 Å². The molecule has 0 fully saturated rings. The van der Waals surface area contributed by atoms with Crippen molar-refractivity contribution in [1.29, 1.82) is 0 Å². The molecule has 0 unspecified atom stereocenters. The van der Waals surface area contributed by atoms with E-state index in [1.54, 1.807) is 19.9 Å². The maximum Gasteiger partial charge on any atom is 0.383 e. The molecule has 0 aliphatic heterocycles. The molecule has 0 amide bonds. The Hall–Kier alpha value is -2.50. The van der Waals surface area contributed by atoms with Gasteiger partial charge < -0.3 is 19.0 Å². The summed E-state index contributed by atoms with van der Waals surface area (Å²) >= 11 is 0. The first-order valence-electron chi connectivity index (χ1n) is 6.04. The molecule has 2 aromatic rings. The van der Waals surface area contributed by atoms with Crippen LogP contribution in [0.15, 0.2) is 27.4 Å². The van der Waals surface area contributed by atoms with Crippen molar-refractivity contribution >= 4 is 16.9 Å². The first-order chi connectivity index (χ1) is 9.40. The van der Waals surface area contributed by atoms with Crippen LogP contribution in [-0.4, -0.2) is 17.2 Å². The lowest BCUT2D eigenvalue weighted by molar-refractivity contribution is -0.131. The van der Waals surface area contributed by atoms with Gasteiger partial charge in [0.1, 0.15) is 16.7 Å². The van der Waals surface area contributed by atoms with Gasteiger partial charge in [0.2, 0.25) is 5.75 Å². The number of fused-ring (bicyclic) bond motifs is 1. The molecule has 0 spiro atoms. The van der Waals surface area contributed by atoms with Crippen LogP contribution < -0.4 is 15.1 Å². The highest BCUT2D eigenvalue weighted by molar-refractivity contribution is 5.92. The van der Waals surface area contributed by atoms with Crippen molar-refractivity contribution in [3.8, 4) is 17.2 Å². The molecule has 20 heavy (non-hydrogen) atoms. The van der Waals surface area contributed by atoms with Crippen molar-refractivity contribution in [3.05, 3.63) is 28.6 Å². The average molecular weight is 278 g/mol. The van der Waals surface area contributed by atoms with E-state index in [9.17, 15) is 14.7 Å². The number of ether oxygens (including phenoxy) is 2. The van der Waals surface area contributed by atoms with E-state index in [1.165, 1.54) is 19.1 Å². The molecule has 2 rings (SSSR count). The largest absolute Gasteiger partial charge is 0.503 e. The van der Waals surface area contributed by atoms with Gasteiger partial charge in [-0.3, -0.25) is 4.79 Å². The molecule has 106 valence electrons. The molecule has 0 atom stereocenters. The highest BCUT2D eigenvalue weighted by Gasteiger charge is 2.20. The van der Waals surface area contributed by atoms with Crippen LogP contribution in [0.25, 0.3) is 11.0 Å². The molecule has 0 aliphatic carbocycles. The summed E-state index contributed by atoms with van der Waals surface area (Å²) in [5.41, 5.74) is -0.675. The minimum absolute atomic E-state index is 0.102. The number of hydrogen-bond acceptors (Lipinski definition) is 6. The second-order valence-electron chi connectivity index (χ2n) is 4.46. The summed E-state index contributed by atoms with van der Waals surface area (Å²) in [5, 5.41) is 10.3. The third-order valence-electron chi connectivity index (χ3n) is 2.44. The van der Waals surface area contributed by atoms with Gasteiger partial charge in [-0.15, -0.1) is 0 Å². The summed E-state index contributed by atoms with van der Waals surface area (Å²) in [6.45, 7) is 4.66. The quantitative estimate of drug-likeness (QED) is 0.526. The minimum atomic E-state index is -0.788. The van der Waals surface area contributed by atoms with Gasteiger partial charge in [-0.05, 0) is 26.0 Å². The Bertz CT molecular complexity index is 713. The standard InChI is InChI=1S/C14H14O6/c1-7(2)18-13-12(16)11-9(19-8(3)15)5-4-6-10(11)20-14(13)17/h4-7,16H,1-3H3. The van der Waals surface area contributed by atoms with E-state index in [2.05, 4.69) is 0 Å². The fourth-order valence-electron chi connectivity index (χ4n) is 1.77. The smallest absolute Gasteiger partial charge is 0.383 e. The molecule has 0 bridgehead atoms. The molecule has 0 saturated carbocycles. The van der Waals surface area contributed by atoms with E-state index in [0.717, 1.165) is 0 Å². The van der Waals surface area contributed by atoms with Crippen LogP contribution in [0.5, 0.6) is 17.2 Å². The molecule has 0 saturated heterocycles. The summed E-state index contributed by atoms with van der Waals surface area (Å²) in [6.07, 6.45) is -0.317. The number of carbonyl (C=O) groups is 1. The molecule has 1 aromatic carbocycles. The summed E-state index contributed by atoms with van der Waals surface area (Å²) in [7, 11) is 0. The predicted molar refractivity (Wildman–Crippen MR) is 71.2 cm³/mol. The van der Waals surface area contributed by atoms with Crippen LogP contribution in [0.4, 0.5) is 0 Å². The summed E-state index contributed by atoms with van der Waals surface area (Å²) in [6, 6.07) is 4.52. The first kappa shape index (κ1) is 13.9. The lowest BCUT2D eigenvalue weighted by atomic mass is 10.2. The number of aromatic hydroxyl groups is 1. The molecular formula is C14H14O6. The van der Waals surface area contributed by atoms with Gasteiger partial charge in [0.15, 0.2) is 5.75 Å². The number of carbonyl (C=O) groups excluding carboxylic acids is 1. The first-order valence-corrected chi connectivity index (χ1v) is 6.04. The van der Waals surface area contributed by atoms with Crippen molar-refractivity contribution in [3.63, 3.8) is 0 Å². The summed E-state index contributed by atoms with van der Waals surface area (Å²) in [5.74, 6) is -1.15. The Morgan fingerprint density at radius 3 is 2.65 bits per heavy atom. The van der Waals surface area contributed by atoms with Crippen LogP contribution in [0.3, 0.4) is 0 Å². The molecule has 1 aromatic heterocycles. The van der Waals surface area contributed by atoms with Crippen LogP contribution in [0.2, 0.25) is 0 Å². The van der Waals surface area contributed by atoms with Crippen molar-refractivity contribution in [2.75, 3.05) is 0 Å². The van der Waals surface area contributed by atoms with Gasteiger partial charge in [0.25, 0.3) is 0 Å². The van der Waals surface area contributed by atoms with Crippen molar-refractivity contribution in [2.24, 2.45) is 0 Å². The van der Waals surface area contributed by atoms with Crippen LogP contribution in [0, 0.1) is 0 Å². The molecule has 6 heteroatoms. The molecule has 0 radical (unpaired) electrons. The normalized spacial score (nSPS) is 10.8. The Kier molecular flexibility index (Phi) is 3.65. The molecule has 0 aliphatic rings. The lowest BCUT2D eigenvalue weighted by Crippen LogP contribution is -2.13. The fourth-order valence-corrected chi connectivity index (χ4v) is 1.77. The number of benzene rings is 1. The maximum atomic E-state index is 11.8. The lowest BCUT2D eigenvalue weighted by Gasteiger charge is -2.12. The van der Waals surface area contributed by atoms with Gasteiger partial charge >= 0.3 is 11.6 Å². The molecule has 1 N–H and O–H groups in total. The zero-order valence-corrected chi connectivity index (χ0v) is 11.3. The predicted octanol–water partition coefficient (Wildman–Crippen LogP) is 2.21. The topological polar surface area (TPSA) is 86.0 Å². The minimum Gasteiger partial charge on any atom is -0.503 e. The van der Waals surface area contributed by atoms with E-state index in [4.69, 9.17) is 13.9 Å². The Balaban J connectivity index is 2.73. The van der Waals surface area contributed by atoms with E-state index in [-0.39, 0.29) is 28.6 Å². The van der Waals surface area contributed by atoms with Gasteiger partial charge in [-0.1, -0.05) is 6.07 Å². The third kappa shape index (κ3) is 2.59. The van der Waals surface area contributed by atoms with Crippen LogP contribution >= 0.6 is 0 Å². The van der Waals surface area contributed by atoms with Crippen LogP contribution in [0.1, 0.15) is 20.8 Å².